The molecule has 3 aromatic carbocycles. The number of nitrogens with one attached hydrogen (secondary N) is 1. The Kier molecular flexibility index (Phi) is 8.98. The highest BCUT2D eigenvalue weighted by Gasteiger charge is 2.19. The molecule has 0 aliphatic carbocycles. The van der Waals surface area contributed by atoms with E-state index in [4.69, 9.17) is 0 Å². The first-order valence-electron chi connectivity index (χ1n) is 9.86. The van der Waals surface area contributed by atoms with Gasteiger partial charge in [0.25, 0.3) is 0 Å². The van der Waals surface area contributed by atoms with Crippen LogP contribution in [-0.4, -0.2) is 43.9 Å². The summed E-state index contributed by atoms with van der Waals surface area (Å²) in [6.07, 6.45) is 1.22. The SMILES string of the molecule is CS(=O)(=O)c1cc(-c2ccc(CCNC[C@@H](O)c3ccccc3)cc2)ccc1C(=O)O.Cl. The summed E-state index contributed by atoms with van der Waals surface area (Å²) in [6.45, 7) is 1.17. The monoisotopic (exact) mass is 475 g/mol. The van der Waals surface area contributed by atoms with Crippen molar-refractivity contribution in [2.45, 2.75) is 17.4 Å². The van der Waals surface area contributed by atoms with E-state index < -0.39 is 21.9 Å². The molecule has 3 rings (SSSR count). The second-order valence-electron chi connectivity index (χ2n) is 7.37. The van der Waals surface area contributed by atoms with Crippen LogP contribution in [0.1, 0.15) is 27.6 Å². The summed E-state index contributed by atoms with van der Waals surface area (Å²) >= 11 is 0. The van der Waals surface area contributed by atoms with Crippen LogP contribution >= 0.6 is 12.4 Å². The molecule has 6 nitrogen and oxygen atoms in total. The van der Waals surface area contributed by atoms with Crippen molar-refractivity contribution < 1.29 is 23.4 Å². The lowest BCUT2D eigenvalue weighted by atomic mass is 10.0. The van der Waals surface area contributed by atoms with Crippen LogP contribution in [0.3, 0.4) is 0 Å². The van der Waals surface area contributed by atoms with Crippen LogP contribution < -0.4 is 5.32 Å². The molecule has 0 fully saturated rings. The molecule has 0 unspecified atom stereocenters. The molecule has 0 bridgehead atoms. The van der Waals surface area contributed by atoms with Crippen LogP contribution in [0.2, 0.25) is 0 Å². The van der Waals surface area contributed by atoms with Crippen molar-refractivity contribution >= 4 is 28.2 Å². The molecule has 0 spiro atoms. The highest BCUT2D eigenvalue weighted by Crippen LogP contribution is 2.26. The molecule has 3 aromatic rings. The summed E-state index contributed by atoms with van der Waals surface area (Å²) in [5.74, 6) is -1.27. The minimum atomic E-state index is -3.67. The van der Waals surface area contributed by atoms with E-state index >= 15 is 0 Å². The molecule has 170 valence electrons. The van der Waals surface area contributed by atoms with Crippen molar-refractivity contribution in [3.63, 3.8) is 0 Å². The predicted molar refractivity (Wildman–Crippen MR) is 127 cm³/mol. The highest BCUT2D eigenvalue weighted by atomic mass is 35.5. The number of aliphatic hydroxyl groups excluding tert-OH is 1. The molecule has 8 heteroatoms. The normalized spacial score (nSPS) is 12.1. The fourth-order valence-corrected chi connectivity index (χ4v) is 4.21. The van der Waals surface area contributed by atoms with Gasteiger partial charge in [-0.2, -0.15) is 0 Å². The van der Waals surface area contributed by atoms with Gasteiger partial charge in [-0.15, -0.1) is 12.4 Å². The van der Waals surface area contributed by atoms with Crippen molar-refractivity contribution in [1.29, 1.82) is 0 Å². The van der Waals surface area contributed by atoms with E-state index in [9.17, 15) is 23.4 Å². The van der Waals surface area contributed by atoms with Gasteiger partial charge in [-0.1, -0.05) is 60.7 Å². The number of carboxylic acids is 1. The molecule has 0 aliphatic rings. The average molecular weight is 476 g/mol. The Morgan fingerprint density at radius 1 is 0.969 bits per heavy atom. The van der Waals surface area contributed by atoms with Crippen molar-refractivity contribution in [1.82, 2.24) is 5.32 Å². The minimum Gasteiger partial charge on any atom is -0.478 e. The number of carboxylic acid groups (broad SMARTS) is 1. The lowest BCUT2D eigenvalue weighted by Gasteiger charge is -2.12. The Balaban J connectivity index is 0.00000363. The van der Waals surface area contributed by atoms with E-state index in [1.165, 1.54) is 12.1 Å². The fraction of sp³-hybridized carbons (Fsp3) is 0.208. The van der Waals surface area contributed by atoms with Gasteiger partial charge in [0, 0.05) is 12.8 Å². The maximum atomic E-state index is 12.0. The van der Waals surface area contributed by atoms with Crippen LogP contribution in [0.5, 0.6) is 0 Å². The number of hydrogen-bond donors (Lipinski definition) is 3. The summed E-state index contributed by atoms with van der Waals surface area (Å²) in [4.78, 5) is 11.1. The van der Waals surface area contributed by atoms with Crippen molar-refractivity contribution in [3.05, 3.63) is 89.5 Å². The second kappa shape index (κ2) is 11.2. The van der Waals surface area contributed by atoms with Crippen LogP contribution in [0, 0.1) is 0 Å². The fourth-order valence-electron chi connectivity index (χ4n) is 3.31. The van der Waals surface area contributed by atoms with Gasteiger partial charge in [0.15, 0.2) is 9.84 Å². The van der Waals surface area contributed by atoms with Gasteiger partial charge in [-0.3, -0.25) is 0 Å². The summed E-state index contributed by atoms with van der Waals surface area (Å²) in [5.41, 5.74) is 3.18. The lowest BCUT2D eigenvalue weighted by molar-refractivity contribution is 0.0692. The molecule has 3 N–H and O–H groups in total. The number of aliphatic hydroxyl groups is 1. The number of carbonyl (C=O) groups is 1. The first-order chi connectivity index (χ1) is 14.8. The third-order valence-electron chi connectivity index (χ3n) is 5.01. The molecule has 1 atom stereocenters. The molecule has 0 aliphatic heterocycles. The number of benzene rings is 3. The second-order valence-corrected chi connectivity index (χ2v) is 9.35. The molecular weight excluding hydrogens is 450 g/mol. The standard InChI is InChI=1S/C24H25NO5S.ClH/c1-31(29,30)23-15-20(11-12-21(23)24(27)28)18-9-7-17(8-10-18)13-14-25-16-22(26)19-5-3-2-4-6-19;/h2-12,15,22,25-26H,13-14,16H2,1H3,(H,27,28);1H/t22-;/m1./s1. The first-order valence-corrected chi connectivity index (χ1v) is 11.8. The van der Waals surface area contributed by atoms with Crippen molar-refractivity contribution in [2.24, 2.45) is 0 Å². The summed E-state index contributed by atoms with van der Waals surface area (Å²) in [7, 11) is -3.67. The van der Waals surface area contributed by atoms with Crippen LogP contribution in [0.25, 0.3) is 11.1 Å². The van der Waals surface area contributed by atoms with Crippen LogP contribution in [0.4, 0.5) is 0 Å². The minimum absolute atomic E-state index is 0. The zero-order valence-corrected chi connectivity index (χ0v) is 19.2. The van der Waals surface area contributed by atoms with Crippen molar-refractivity contribution in [3.8, 4) is 11.1 Å². The number of hydrogen-bond acceptors (Lipinski definition) is 5. The van der Waals surface area contributed by atoms with Crippen molar-refractivity contribution in [2.75, 3.05) is 19.3 Å². The van der Waals surface area contributed by atoms with Crippen LogP contribution in [0.15, 0.2) is 77.7 Å². The Morgan fingerprint density at radius 3 is 2.19 bits per heavy atom. The van der Waals surface area contributed by atoms with Gasteiger partial charge in [0.05, 0.1) is 16.6 Å². The van der Waals surface area contributed by atoms with E-state index in [0.717, 1.165) is 29.4 Å². The third kappa shape index (κ3) is 6.64. The lowest BCUT2D eigenvalue weighted by Crippen LogP contribution is -2.23. The Hall–Kier alpha value is -2.71. The number of sulfone groups is 1. The number of halogens is 1. The quantitative estimate of drug-likeness (QED) is 0.407. The maximum Gasteiger partial charge on any atom is 0.337 e. The van der Waals surface area contributed by atoms with Gasteiger partial charge < -0.3 is 15.5 Å². The van der Waals surface area contributed by atoms with Gasteiger partial charge in [-0.05, 0) is 47.4 Å². The zero-order chi connectivity index (χ0) is 22.4. The van der Waals surface area contributed by atoms with E-state index in [-0.39, 0.29) is 22.9 Å². The molecule has 0 amide bonds. The molecule has 0 aromatic heterocycles. The first kappa shape index (κ1) is 25.5. The molecule has 0 heterocycles. The Bertz CT molecular complexity index is 1150. The highest BCUT2D eigenvalue weighted by molar-refractivity contribution is 7.90. The average Bonchev–Trinajstić information content (AvgIpc) is 2.76. The summed E-state index contributed by atoms with van der Waals surface area (Å²) in [5, 5.41) is 22.7. The van der Waals surface area contributed by atoms with Crippen LogP contribution in [-0.2, 0) is 16.3 Å². The summed E-state index contributed by atoms with van der Waals surface area (Å²) in [6, 6.07) is 21.5. The molecule has 32 heavy (non-hydrogen) atoms. The Morgan fingerprint density at radius 2 is 1.59 bits per heavy atom. The van der Waals surface area contributed by atoms with E-state index in [2.05, 4.69) is 5.32 Å². The zero-order valence-electron chi connectivity index (χ0n) is 17.6. The van der Waals surface area contributed by atoms with Gasteiger partial charge in [0.2, 0.25) is 0 Å². The number of aromatic carboxylic acids is 1. The topological polar surface area (TPSA) is 104 Å². The molecule has 0 saturated heterocycles. The Labute approximate surface area is 194 Å². The summed E-state index contributed by atoms with van der Waals surface area (Å²) < 4.78 is 24.0. The van der Waals surface area contributed by atoms with E-state index in [1.54, 1.807) is 6.07 Å². The van der Waals surface area contributed by atoms with Gasteiger partial charge in [-0.25, -0.2) is 13.2 Å². The molecular formula is C24H26ClNO5S. The smallest absolute Gasteiger partial charge is 0.337 e. The molecule has 0 saturated carbocycles. The van der Waals surface area contributed by atoms with Gasteiger partial charge >= 0.3 is 5.97 Å². The van der Waals surface area contributed by atoms with Gasteiger partial charge in [0.1, 0.15) is 0 Å². The van der Waals surface area contributed by atoms with E-state index in [1.807, 2.05) is 54.6 Å². The predicted octanol–water partition coefficient (Wildman–Crippen LogP) is 3.74. The largest absolute Gasteiger partial charge is 0.478 e. The third-order valence-corrected chi connectivity index (χ3v) is 6.15. The molecule has 0 radical (unpaired) electrons. The van der Waals surface area contributed by atoms with E-state index in [0.29, 0.717) is 18.7 Å². The maximum absolute atomic E-state index is 12.0. The number of rotatable bonds is 9.